The predicted octanol–water partition coefficient (Wildman–Crippen LogP) is 1.24. The molecule has 2 atom stereocenters. The predicted molar refractivity (Wildman–Crippen MR) is 83.9 cm³/mol. The molecule has 0 radical (unpaired) electrons. The van der Waals surface area contributed by atoms with Crippen molar-refractivity contribution in [3.8, 4) is 0 Å². The minimum absolute atomic E-state index is 0.543. The molecule has 1 aromatic heterocycles. The molecule has 1 aromatic rings. The van der Waals surface area contributed by atoms with Crippen molar-refractivity contribution in [2.45, 2.75) is 31.8 Å². The van der Waals surface area contributed by atoms with E-state index in [1.54, 1.807) is 0 Å². The average Bonchev–Trinajstić information content (AvgIpc) is 2.44. The van der Waals surface area contributed by atoms with Crippen LogP contribution >= 0.6 is 0 Å². The molecule has 0 saturated carbocycles. The number of rotatable bonds is 6. The summed E-state index contributed by atoms with van der Waals surface area (Å²) < 4.78 is 0. The molecule has 4 heteroatoms. The van der Waals surface area contributed by atoms with Crippen molar-refractivity contribution in [1.29, 1.82) is 0 Å². The van der Waals surface area contributed by atoms with Crippen LogP contribution in [0, 0.1) is 0 Å². The van der Waals surface area contributed by atoms with Gasteiger partial charge in [-0.2, -0.15) is 0 Å². The summed E-state index contributed by atoms with van der Waals surface area (Å²) in [4.78, 5) is 9.06. The van der Waals surface area contributed by atoms with Crippen molar-refractivity contribution in [2.24, 2.45) is 0 Å². The van der Waals surface area contributed by atoms with Gasteiger partial charge in [0.25, 0.3) is 0 Å². The van der Waals surface area contributed by atoms with Gasteiger partial charge in [0, 0.05) is 44.1 Å². The van der Waals surface area contributed by atoms with Crippen molar-refractivity contribution < 1.29 is 0 Å². The minimum atomic E-state index is 0.543. The van der Waals surface area contributed by atoms with Gasteiger partial charge in [0.15, 0.2) is 0 Å². The first-order chi connectivity index (χ1) is 9.69. The summed E-state index contributed by atoms with van der Waals surface area (Å²) in [5, 5.41) is 3.65. The SMILES string of the molecule is CCNC(Cc1ccncc1)CC1CN(C)CCN1C. The topological polar surface area (TPSA) is 31.4 Å². The normalized spacial score (nSPS) is 22.9. The molecular weight excluding hydrogens is 248 g/mol. The number of aromatic nitrogens is 1. The molecule has 0 aliphatic carbocycles. The quantitative estimate of drug-likeness (QED) is 0.847. The van der Waals surface area contributed by atoms with Crippen LogP contribution in [0.1, 0.15) is 18.9 Å². The summed E-state index contributed by atoms with van der Waals surface area (Å²) in [6.45, 7) is 6.76. The number of hydrogen-bond acceptors (Lipinski definition) is 4. The van der Waals surface area contributed by atoms with Crippen molar-refractivity contribution in [1.82, 2.24) is 20.1 Å². The number of pyridine rings is 1. The maximum absolute atomic E-state index is 4.10. The summed E-state index contributed by atoms with van der Waals surface area (Å²) in [7, 11) is 4.48. The summed E-state index contributed by atoms with van der Waals surface area (Å²) in [6, 6.07) is 5.45. The number of nitrogens with one attached hydrogen (secondary N) is 1. The van der Waals surface area contributed by atoms with E-state index in [9.17, 15) is 0 Å². The highest BCUT2D eigenvalue weighted by Gasteiger charge is 2.25. The van der Waals surface area contributed by atoms with Crippen molar-refractivity contribution >= 4 is 0 Å². The molecule has 1 saturated heterocycles. The molecule has 0 spiro atoms. The summed E-state index contributed by atoms with van der Waals surface area (Å²) in [6.07, 6.45) is 6.07. The van der Waals surface area contributed by atoms with Gasteiger partial charge in [-0.1, -0.05) is 6.92 Å². The van der Waals surface area contributed by atoms with Gasteiger partial charge < -0.3 is 15.1 Å². The Morgan fingerprint density at radius 2 is 2.05 bits per heavy atom. The zero-order valence-corrected chi connectivity index (χ0v) is 13.0. The first kappa shape index (κ1) is 15.4. The molecule has 20 heavy (non-hydrogen) atoms. The van der Waals surface area contributed by atoms with Crippen molar-refractivity contribution in [3.63, 3.8) is 0 Å². The van der Waals surface area contributed by atoms with Crippen LogP contribution in [0.15, 0.2) is 24.5 Å². The number of nitrogens with zero attached hydrogens (tertiary/aromatic N) is 3. The molecule has 0 bridgehead atoms. The molecule has 2 unspecified atom stereocenters. The number of hydrogen-bond donors (Lipinski definition) is 1. The Morgan fingerprint density at radius 1 is 1.30 bits per heavy atom. The van der Waals surface area contributed by atoms with Gasteiger partial charge in [0.2, 0.25) is 0 Å². The van der Waals surface area contributed by atoms with Gasteiger partial charge in [-0.3, -0.25) is 4.98 Å². The van der Waals surface area contributed by atoms with E-state index in [1.165, 1.54) is 31.6 Å². The van der Waals surface area contributed by atoms with Crippen LogP contribution in [0.25, 0.3) is 0 Å². The van der Waals surface area contributed by atoms with E-state index in [4.69, 9.17) is 0 Å². The summed E-state index contributed by atoms with van der Waals surface area (Å²) in [5.41, 5.74) is 1.37. The third kappa shape index (κ3) is 4.54. The Kier molecular flexibility index (Phi) is 5.95. The van der Waals surface area contributed by atoms with Crippen LogP contribution in [0.4, 0.5) is 0 Å². The van der Waals surface area contributed by atoms with Gasteiger partial charge in [-0.15, -0.1) is 0 Å². The maximum atomic E-state index is 4.10. The van der Waals surface area contributed by atoms with Crippen LogP contribution in [0.3, 0.4) is 0 Å². The highest BCUT2D eigenvalue weighted by molar-refractivity contribution is 5.11. The van der Waals surface area contributed by atoms with E-state index in [2.05, 4.69) is 53.3 Å². The fourth-order valence-electron chi connectivity index (χ4n) is 3.02. The molecule has 1 N–H and O–H groups in total. The smallest absolute Gasteiger partial charge is 0.0270 e. The molecule has 0 amide bonds. The lowest BCUT2D eigenvalue weighted by molar-refractivity contribution is 0.101. The summed E-state index contributed by atoms with van der Waals surface area (Å²) in [5.74, 6) is 0. The van der Waals surface area contributed by atoms with E-state index < -0.39 is 0 Å². The Morgan fingerprint density at radius 3 is 2.75 bits per heavy atom. The Bertz CT molecular complexity index is 381. The highest BCUT2D eigenvalue weighted by atomic mass is 15.3. The molecule has 0 aromatic carbocycles. The van der Waals surface area contributed by atoms with Gasteiger partial charge >= 0.3 is 0 Å². The maximum Gasteiger partial charge on any atom is 0.0270 e. The van der Waals surface area contributed by atoms with E-state index in [1.807, 2.05) is 12.4 Å². The lowest BCUT2D eigenvalue weighted by atomic mass is 9.98. The van der Waals surface area contributed by atoms with Crippen LogP contribution < -0.4 is 5.32 Å². The molecule has 2 rings (SSSR count). The van der Waals surface area contributed by atoms with Crippen LogP contribution in [-0.2, 0) is 6.42 Å². The number of piperazine rings is 1. The lowest BCUT2D eigenvalue weighted by Gasteiger charge is -2.39. The van der Waals surface area contributed by atoms with Gasteiger partial charge in [0.1, 0.15) is 0 Å². The van der Waals surface area contributed by atoms with E-state index in [-0.39, 0.29) is 0 Å². The zero-order chi connectivity index (χ0) is 14.4. The second-order valence-corrected chi connectivity index (χ2v) is 5.95. The van der Waals surface area contributed by atoms with Gasteiger partial charge in [-0.05, 0) is 51.2 Å². The standard InChI is InChI=1S/C16H28N4/c1-4-18-15(11-14-5-7-17-8-6-14)12-16-13-19(2)9-10-20(16)3/h5-8,15-16,18H,4,9-13H2,1-3H3. The molecule has 2 heterocycles. The van der Waals surface area contributed by atoms with Gasteiger partial charge in [0.05, 0.1) is 0 Å². The largest absolute Gasteiger partial charge is 0.314 e. The fraction of sp³-hybridized carbons (Fsp3) is 0.688. The minimum Gasteiger partial charge on any atom is -0.314 e. The zero-order valence-electron chi connectivity index (χ0n) is 13.0. The van der Waals surface area contributed by atoms with Gasteiger partial charge in [-0.25, -0.2) is 0 Å². The van der Waals surface area contributed by atoms with Crippen LogP contribution in [0.2, 0.25) is 0 Å². The Balaban J connectivity index is 1.94. The molecule has 1 aliphatic heterocycles. The van der Waals surface area contributed by atoms with E-state index in [0.717, 1.165) is 13.0 Å². The van der Waals surface area contributed by atoms with E-state index >= 15 is 0 Å². The molecule has 1 fully saturated rings. The monoisotopic (exact) mass is 276 g/mol. The number of likely N-dealkylation sites (N-methyl/N-ethyl adjacent to an activating group) is 3. The Labute approximate surface area is 123 Å². The fourth-order valence-corrected chi connectivity index (χ4v) is 3.02. The second-order valence-electron chi connectivity index (χ2n) is 5.95. The van der Waals surface area contributed by atoms with E-state index in [0.29, 0.717) is 12.1 Å². The van der Waals surface area contributed by atoms with Crippen LogP contribution in [-0.4, -0.2) is 67.1 Å². The third-order valence-electron chi connectivity index (χ3n) is 4.26. The molecular formula is C16H28N4. The van der Waals surface area contributed by atoms with Crippen molar-refractivity contribution in [2.75, 3.05) is 40.3 Å². The molecule has 1 aliphatic rings. The molecule has 4 nitrogen and oxygen atoms in total. The lowest BCUT2D eigenvalue weighted by Crippen LogP contribution is -2.52. The van der Waals surface area contributed by atoms with Crippen LogP contribution in [0.5, 0.6) is 0 Å². The first-order valence-electron chi connectivity index (χ1n) is 7.70. The third-order valence-corrected chi connectivity index (χ3v) is 4.26. The van der Waals surface area contributed by atoms with Crippen molar-refractivity contribution in [3.05, 3.63) is 30.1 Å². The second kappa shape index (κ2) is 7.72. The average molecular weight is 276 g/mol. The molecule has 112 valence electrons. The first-order valence-corrected chi connectivity index (χ1v) is 7.70. The summed E-state index contributed by atoms with van der Waals surface area (Å²) >= 11 is 0. The highest BCUT2D eigenvalue weighted by Crippen LogP contribution is 2.14. The Hall–Kier alpha value is -0.970.